The van der Waals surface area contributed by atoms with Gasteiger partial charge in [0, 0.05) is 6.54 Å². The van der Waals surface area contributed by atoms with Gasteiger partial charge in [0.05, 0.1) is 12.6 Å². The Labute approximate surface area is 142 Å². The summed E-state index contributed by atoms with van der Waals surface area (Å²) >= 11 is 0. The van der Waals surface area contributed by atoms with Gasteiger partial charge in [0.2, 0.25) is 0 Å². The minimum Gasteiger partial charge on any atom is -0.494 e. The smallest absolute Gasteiger partial charge is 0.315 e. The quantitative estimate of drug-likeness (QED) is 0.888. The number of benzene rings is 2. The normalized spacial score (nSPS) is 15.8. The van der Waals surface area contributed by atoms with Crippen LogP contribution in [0.1, 0.15) is 18.1 Å². The van der Waals surface area contributed by atoms with Gasteiger partial charge in [0.1, 0.15) is 18.1 Å². The molecule has 2 N–H and O–H groups in total. The maximum atomic E-state index is 12.1. The lowest BCUT2D eigenvalue weighted by Gasteiger charge is -2.26. The summed E-state index contributed by atoms with van der Waals surface area (Å²) in [6, 6.07) is 15.4. The largest absolute Gasteiger partial charge is 0.494 e. The molecule has 2 aromatic carbocycles. The average Bonchev–Trinajstić information content (AvgIpc) is 2.61. The van der Waals surface area contributed by atoms with Crippen molar-refractivity contribution in [3.05, 3.63) is 59.7 Å². The molecule has 0 radical (unpaired) electrons. The lowest BCUT2D eigenvalue weighted by Crippen LogP contribution is -2.47. The van der Waals surface area contributed by atoms with Crippen LogP contribution in [0.3, 0.4) is 0 Å². The van der Waals surface area contributed by atoms with Gasteiger partial charge < -0.3 is 20.1 Å². The van der Waals surface area contributed by atoms with Crippen molar-refractivity contribution in [2.24, 2.45) is 0 Å². The van der Waals surface area contributed by atoms with Gasteiger partial charge in [-0.2, -0.15) is 0 Å². The van der Waals surface area contributed by atoms with E-state index in [9.17, 15) is 4.79 Å². The molecule has 2 aromatic rings. The molecular weight excluding hydrogens is 304 g/mol. The maximum absolute atomic E-state index is 12.1. The van der Waals surface area contributed by atoms with Gasteiger partial charge in [-0.25, -0.2) is 4.79 Å². The minimum atomic E-state index is -0.183. The first-order valence-electron chi connectivity index (χ1n) is 8.21. The molecule has 126 valence electrons. The molecule has 0 aliphatic carbocycles. The van der Waals surface area contributed by atoms with E-state index in [1.165, 1.54) is 0 Å². The van der Waals surface area contributed by atoms with Crippen molar-refractivity contribution in [1.82, 2.24) is 10.6 Å². The van der Waals surface area contributed by atoms with E-state index >= 15 is 0 Å². The van der Waals surface area contributed by atoms with Crippen LogP contribution < -0.4 is 20.1 Å². The Kier molecular flexibility index (Phi) is 5.21. The molecule has 1 heterocycles. The molecule has 0 aromatic heterocycles. The van der Waals surface area contributed by atoms with E-state index in [-0.39, 0.29) is 12.1 Å². The molecule has 2 amide bonds. The molecule has 5 nitrogen and oxygen atoms in total. The summed E-state index contributed by atoms with van der Waals surface area (Å²) in [5.74, 6) is 1.74. The van der Waals surface area contributed by atoms with Gasteiger partial charge in [-0.05, 0) is 42.7 Å². The highest BCUT2D eigenvalue weighted by Gasteiger charge is 2.20. The number of fused-ring (bicyclic) bond motifs is 1. The predicted octanol–water partition coefficient (Wildman–Crippen LogP) is 2.89. The van der Waals surface area contributed by atoms with Crippen LogP contribution in [0.15, 0.2) is 48.5 Å². The molecule has 0 fully saturated rings. The zero-order valence-electron chi connectivity index (χ0n) is 13.7. The van der Waals surface area contributed by atoms with E-state index in [1.807, 2.05) is 55.5 Å². The molecule has 1 aliphatic heterocycles. The molecule has 24 heavy (non-hydrogen) atoms. The van der Waals surface area contributed by atoms with Crippen LogP contribution in [-0.2, 0) is 13.0 Å². The van der Waals surface area contributed by atoms with Gasteiger partial charge in [0.15, 0.2) is 0 Å². The van der Waals surface area contributed by atoms with E-state index in [4.69, 9.17) is 9.47 Å². The van der Waals surface area contributed by atoms with Crippen molar-refractivity contribution >= 4 is 6.03 Å². The molecule has 0 bridgehead atoms. The van der Waals surface area contributed by atoms with E-state index in [2.05, 4.69) is 10.6 Å². The van der Waals surface area contributed by atoms with Gasteiger partial charge in [-0.1, -0.05) is 30.3 Å². The number of hydrogen-bond acceptors (Lipinski definition) is 3. The summed E-state index contributed by atoms with van der Waals surface area (Å²) in [5.41, 5.74) is 2.15. The van der Waals surface area contributed by atoms with Crippen molar-refractivity contribution in [3.8, 4) is 11.5 Å². The Hall–Kier alpha value is -2.69. The number of ether oxygens (including phenoxy) is 2. The summed E-state index contributed by atoms with van der Waals surface area (Å²) in [5, 5.41) is 5.84. The molecule has 1 aliphatic rings. The number of hydrogen-bond donors (Lipinski definition) is 2. The van der Waals surface area contributed by atoms with E-state index in [0.29, 0.717) is 19.8 Å². The Bertz CT molecular complexity index is 685. The summed E-state index contributed by atoms with van der Waals surface area (Å²) in [6.45, 7) is 3.57. The van der Waals surface area contributed by atoms with Crippen LogP contribution in [0.5, 0.6) is 11.5 Å². The van der Waals surface area contributed by atoms with Crippen LogP contribution in [0.2, 0.25) is 0 Å². The van der Waals surface area contributed by atoms with Gasteiger partial charge in [0.25, 0.3) is 0 Å². The van der Waals surface area contributed by atoms with Crippen LogP contribution in [0.25, 0.3) is 0 Å². The first kappa shape index (κ1) is 16.2. The first-order chi connectivity index (χ1) is 11.7. The maximum Gasteiger partial charge on any atom is 0.315 e. The molecule has 0 saturated carbocycles. The third-order valence-electron chi connectivity index (χ3n) is 3.90. The Morgan fingerprint density at radius 1 is 1.21 bits per heavy atom. The summed E-state index contributed by atoms with van der Waals surface area (Å²) < 4.78 is 11.1. The van der Waals surface area contributed by atoms with Crippen LogP contribution in [0, 0.1) is 0 Å². The van der Waals surface area contributed by atoms with Gasteiger partial charge in [-0.3, -0.25) is 0 Å². The summed E-state index contributed by atoms with van der Waals surface area (Å²) in [6.07, 6.45) is 0.784. The third kappa shape index (κ3) is 4.19. The highest BCUT2D eigenvalue weighted by Crippen LogP contribution is 2.23. The first-order valence-corrected chi connectivity index (χ1v) is 8.21. The van der Waals surface area contributed by atoms with Gasteiger partial charge in [-0.15, -0.1) is 0 Å². The predicted molar refractivity (Wildman–Crippen MR) is 92.4 cm³/mol. The Balaban J connectivity index is 1.46. The topological polar surface area (TPSA) is 59.6 Å². The lowest BCUT2D eigenvalue weighted by atomic mass is 10.0. The number of amides is 2. The van der Waals surface area contributed by atoms with Crippen molar-refractivity contribution in [3.63, 3.8) is 0 Å². The molecule has 0 spiro atoms. The molecular formula is C19H22N2O3. The second kappa shape index (κ2) is 7.73. The second-order valence-electron chi connectivity index (χ2n) is 5.72. The SMILES string of the molecule is CCOc1ccc(CNC(=O)N[C@H]2COc3ccccc3C2)cc1. The number of para-hydroxylation sites is 1. The number of carbonyl (C=O) groups excluding carboxylic acids is 1. The third-order valence-corrected chi connectivity index (χ3v) is 3.90. The highest BCUT2D eigenvalue weighted by molar-refractivity contribution is 5.74. The van der Waals surface area contributed by atoms with Crippen molar-refractivity contribution < 1.29 is 14.3 Å². The van der Waals surface area contributed by atoms with E-state index in [1.54, 1.807) is 0 Å². The number of carbonyl (C=O) groups is 1. The second-order valence-corrected chi connectivity index (χ2v) is 5.72. The molecule has 3 rings (SSSR count). The minimum absolute atomic E-state index is 0.0137. The van der Waals surface area contributed by atoms with Crippen LogP contribution in [-0.4, -0.2) is 25.3 Å². The zero-order valence-corrected chi connectivity index (χ0v) is 13.7. The van der Waals surface area contributed by atoms with Crippen molar-refractivity contribution in [1.29, 1.82) is 0 Å². The molecule has 5 heteroatoms. The van der Waals surface area contributed by atoms with E-state index in [0.717, 1.165) is 29.0 Å². The Morgan fingerprint density at radius 2 is 2.00 bits per heavy atom. The summed E-state index contributed by atoms with van der Waals surface area (Å²) in [7, 11) is 0. The number of nitrogens with one attached hydrogen (secondary N) is 2. The fourth-order valence-corrected chi connectivity index (χ4v) is 2.71. The highest BCUT2D eigenvalue weighted by atomic mass is 16.5. The Morgan fingerprint density at radius 3 is 2.79 bits per heavy atom. The van der Waals surface area contributed by atoms with Gasteiger partial charge >= 0.3 is 6.03 Å². The average molecular weight is 326 g/mol. The van der Waals surface area contributed by atoms with Crippen molar-refractivity contribution in [2.45, 2.75) is 25.9 Å². The van der Waals surface area contributed by atoms with Crippen LogP contribution >= 0.6 is 0 Å². The lowest BCUT2D eigenvalue weighted by molar-refractivity contribution is 0.214. The van der Waals surface area contributed by atoms with Crippen molar-refractivity contribution in [2.75, 3.05) is 13.2 Å². The van der Waals surface area contributed by atoms with E-state index < -0.39 is 0 Å². The fraction of sp³-hybridized carbons (Fsp3) is 0.316. The summed E-state index contributed by atoms with van der Waals surface area (Å²) in [4.78, 5) is 12.1. The number of rotatable bonds is 5. The molecule has 0 unspecified atom stereocenters. The number of urea groups is 1. The molecule has 1 atom stereocenters. The zero-order chi connectivity index (χ0) is 16.8. The fourth-order valence-electron chi connectivity index (χ4n) is 2.71. The molecule has 0 saturated heterocycles. The standard InChI is InChI=1S/C19H22N2O3/c1-2-23-17-9-7-14(8-10-17)12-20-19(22)21-16-11-15-5-3-4-6-18(15)24-13-16/h3-10,16H,2,11-13H2,1H3,(H2,20,21,22)/t16-/m1/s1. The van der Waals surface area contributed by atoms with Crippen LogP contribution in [0.4, 0.5) is 4.79 Å². The monoisotopic (exact) mass is 326 g/mol.